The summed E-state index contributed by atoms with van der Waals surface area (Å²) < 4.78 is 33.5. The molecule has 1 amide bonds. The second kappa shape index (κ2) is 9.44. The van der Waals surface area contributed by atoms with Crippen LogP contribution in [0.25, 0.3) is 0 Å². The monoisotopic (exact) mass is 419 g/mol. The van der Waals surface area contributed by atoms with Gasteiger partial charge in [-0.2, -0.15) is 8.78 Å². The molecular formula is C18H17Cl2F2NO2S. The number of ether oxygens (including phenoxy) is 1. The van der Waals surface area contributed by atoms with Crippen LogP contribution in [0.3, 0.4) is 0 Å². The first-order valence-electron chi connectivity index (χ1n) is 7.68. The number of benzene rings is 2. The molecule has 0 aromatic heterocycles. The first-order valence-corrected chi connectivity index (χ1v) is 9.37. The molecule has 2 rings (SSSR count). The molecule has 0 saturated heterocycles. The standard InChI is InChI=1S/C18H17Cl2F2NO2S/c1-13-7-9-15(10-8-13)26-23(16(11-19)18(20,21)22)17(24)25-12-14-5-3-2-4-6-14/h2-10,16H,11-12H2,1H3/t16-/m1/s1. The number of hydrogen-bond acceptors (Lipinski definition) is 3. The van der Waals surface area contributed by atoms with E-state index in [0.717, 1.165) is 27.4 Å². The Labute approximate surface area is 165 Å². The van der Waals surface area contributed by atoms with E-state index in [2.05, 4.69) is 0 Å². The maximum absolute atomic E-state index is 13.7. The number of alkyl halides is 4. The van der Waals surface area contributed by atoms with Crippen molar-refractivity contribution < 1.29 is 18.3 Å². The summed E-state index contributed by atoms with van der Waals surface area (Å²) in [6, 6.07) is 14.2. The van der Waals surface area contributed by atoms with Crippen molar-refractivity contribution >= 4 is 41.2 Å². The predicted octanol–water partition coefficient (Wildman–Crippen LogP) is 6.08. The average Bonchev–Trinajstić information content (AvgIpc) is 2.61. The quantitative estimate of drug-likeness (QED) is 0.402. The number of aryl methyl sites for hydroxylation is 1. The van der Waals surface area contributed by atoms with Crippen LogP contribution in [0.1, 0.15) is 11.1 Å². The lowest BCUT2D eigenvalue weighted by Crippen LogP contribution is -2.46. The second-order valence-corrected chi connectivity index (χ2v) is 7.34. The van der Waals surface area contributed by atoms with E-state index < -0.39 is 23.4 Å². The van der Waals surface area contributed by atoms with E-state index in [9.17, 15) is 13.6 Å². The first-order chi connectivity index (χ1) is 12.3. The number of carbonyl (C=O) groups excluding carboxylic acids is 1. The van der Waals surface area contributed by atoms with Gasteiger partial charge >= 0.3 is 11.5 Å². The SMILES string of the molecule is Cc1ccc(SN(C(=O)OCc2ccccc2)[C@H](CCl)C(F)(F)Cl)cc1. The fourth-order valence-corrected chi connectivity index (χ4v) is 3.68. The summed E-state index contributed by atoms with van der Waals surface area (Å²) in [6.07, 6.45) is -0.939. The Hall–Kier alpha value is -1.50. The lowest BCUT2D eigenvalue weighted by Gasteiger charge is -2.30. The molecule has 0 spiro atoms. The topological polar surface area (TPSA) is 29.5 Å². The Bertz CT molecular complexity index is 711. The number of hydrogen-bond donors (Lipinski definition) is 0. The van der Waals surface area contributed by atoms with E-state index >= 15 is 0 Å². The molecule has 0 N–H and O–H groups in total. The number of nitrogens with zero attached hydrogens (tertiary/aromatic N) is 1. The van der Waals surface area contributed by atoms with Crippen LogP contribution in [0.15, 0.2) is 59.5 Å². The van der Waals surface area contributed by atoms with Crippen molar-refractivity contribution in [2.24, 2.45) is 0 Å². The molecule has 2 aromatic carbocycles. The molecule has 0 aliphatic heterocycles. The van der Waals surface area contributed by atoms with Crippen molar-refractivity contribution in [1.82, 2.24) is 4.31 Å². The lowest BCUT2D eigenvalue weighted by molar-refractivity contribution is 0.0251. The summed E-state index contributed by atoms with van der Waals surface area (Å²) >= 11 is 11.6. The third kappa shape index (κ3) is 6.04. The van der Waals surface area contributed by atoms with Gasteiger partial charge in [0, 0.05) is 4.90 Å². The highest BCUT2D eigenvalue weighted by Crippen LogP contribution is 2.36. The Morgan fingerprint density at radius 2 is 1.81 bits per heavy atom. The molecule has 3 nitrogen and oxygen atoms in total. The minimum atomic E-state index is -3.70. The molecule has 0 saturated carbocycles. The van der Waals surface area contributed by atoms with Crippen LogP contribution in [0.5, 0.6) is 0 Å². The Morgan fingerprint density at radius 1 is 1.19 bits per heavy atom. The third-order valence-corrected chi connectivity index (χ3v) is 5.04. The summed E-state index contributed by atoms with van der Waals surface area (Å²) in [7, 11) is 0. The van der Waals surface area contributed by atoms with Gasteiger partial charge in [0.25, 0.3) is 0 Å². The lowest BCUT2D eigenvalue weighted by atomic mass is 10.2. The van der Waals surface area contributed by atoms with Gasteiger partial charge in [0.2, 0.25) is 0 Å². The summed E-state index contributed by atoms with van der Waals surface area (Å²) in [5, 5.41) is -3.70. The second-order valence-electron chi connectivity index (χ2n) is 5.48. The van der Waals surface area contributed by atoms with E-state index in [-0.39, 0.29) is 6.61 Å². The molecular weight excluding hydrogens is 403 g/mol. The number of rotatable bonds is 7. The van der Waals surface area contributed by atoms with E-state index in [1.54, 1.807) is 36.4 Å². The van der Waals surface area contributed by atoms with Gasteiger partial charge in [-0.25, -0.2) is 9.10 Å². The van der Waals surface area contributed by atoms with Crippen LogP contribution in [-0.2, 0) is 11.3 Å². The van der Waals surface area contributed by atoms with Gasteiger partial charge in [-0.05, 0) is 48.2 Å². The van der Waals surface area contributed by atoms with E-state index in [4.69, 9.17) is 27.9 Å². The molecule has 140 valence electrons. The predicted molar refractivity (Wildman–Crippen MR) is 101 cm³/mol. The molecule has 1 atom stereocenters. The molecule has 0 aliphatic rings. The molecule has 2 aromatic rings. The smallest absolute Gasteiger partial charge is 0.421 e. The van der Waals surface area contributed by atoms with Gasteiger partial charge < -0.3 is 4.74 Å². The van der Waals surface area contributed by atoms with Crippen molar-refractivity contribution in [3.05, 3.63) is 65.7 Å². The molecule has 0 aliphatic carbocycles. The van der Waals surface area contributed by atoms with E-state index in [0.29, 0.717) is 4.90 Å². The zero-order chi connectivity index (χ0) is 19.2. The maximum atomic E-state index is 13.7. The average molecular weight is 420 g/mol. The summed E-state index contributed by atoms with van der Waals surface area (Å²) in [5.41, 5.74) is 1.74. The molecule has 0 unspecified atom stereocenters. The van der Waals surface area contributed by atoms with Crippen LogP contribution in [0.2, 0.25) is 0 Å². The zero-order valence-corrected chi connectivity index (χ0v) is 16.2. The van der Waals surface area contributed by atoms with Crippen LogP contribution < -0.4 is 0 Å². The van der Waals surface area contributed by atoms with E-state index in [1.807, 2.05) is 25.1 Å². The van der Waals surface area contributed by atoms with Crippen LogP contribution >= 0.6 is 35.1 Å². The van der Waals surface area contributed by atoms with Gasteiger partial charge in [0.05, 0.1) is 5.88 Å². The number of carbonyl (C=O) groups is 1. The van der Waals surface area contributed by atoms with Crippen molar-refractivity contribution in [3.63, 3.8) is 0 Å². The fraction of sp³-hybridized carbons (Fsp3) is 0.278. The highest BCUT2D eigenvalue weighted by atomic mass is 35.5. The Kier molecular flexibility index (Phi) is 7.55. The van der Waals surface area contributed by atoms with E-state index in [1.165, 1.54) is 0 Å². The van der Waals surface area contributed by atoms with Crippen molar-refractivity contribution in [1.29, 1.82) is 0 Å². The van der Waals surface area contributed by atoms with Crippen LogP contribution in [-0.4, -0.2) is 27.7 Å². The minimum Gasteiger partial charge on any atom is -0.444 e. The zero-order valence-electron chi connectivity index (χ0n) is 13.9. The molecule has 0 fully saturated rings. The van der Waals surface area contributed by atoms with Gasteiger partial charge in [-0.1, -0.05) is 48.0 Å². The van der Waals surface area contributed by atoms with Crippen LogP contribution in [0.4, 0.5) is 13.6 Å². The molecule has 26 heavy (non-hydrogen) atoms. The van der Waals surface area contributed by atoms with Crippen molar-refractivity contribution in [3.8, 4) is 0 Å². The van der Waals surface area contributed by atoms with Gasteiger partial charge in [-0.15, -0.1) is 11.6 Å². The van der Waals surface area contributed by atoms with Crippen molar-refractivity contribution in [2.45, 2.75) is 29.8 Å². The van der Waals surface area contributed by atoms with Gasteiger partial charge in [0.1, 0.15) is 12.6 Å². The maximum Gasteiger partial charge on any atom is 0.421 e. The summed E-state index contributed by atoms with van der Waals surface area (Å²) in [6.45, 7) is 1.85. The minimum absolute atomic E-state index is 0.0481. The summed E-state index contributed by atoms with van der Waals surface area (Å²) in [4.78, 5) is 13.1. The normalized spacial score (nSPS) is 12.5. The number of halogens is 4. The van der Waals surface area contributed by atoms with Gasteiger partial charge in [-0.3, -0.25) is 0 Å². The number of amides is 1. The molecule has 0 bridgehead atoms. The molecule has 8 heteroatoms. The first kappa shape index (κ1) is 20.8. The highest BCUT2D eigenvalue weighted by Gasteiger charge is 2.44. The van der Waals surface area contributed by atoms with Crippen molar-refractivity contribution in [2.75, 3.05) is 5.88 Å². The summed E-state index contributed by atoms with van der Waals surface area (Å²) in [5.74, 6) is -0.546. The largest absolute Gasteiger partial charge is 0.444 e. The Morgan fingerprint density at radius 3 is 2.35 bits per heavy atom. The van der Waals surface area contributed by atoms with Gasteiger partial charge in [0.15, 0.2) is 0 Å². The fourth-order valence-electron chi connectivity index (χ4n) is 2.01. The molecule has 0 radical (unpaired) electrons. The third-order valence-electron chi connectivity index (χ3n) is 3.42. The molecule has 0 heterocycles. The Balaban J connectivity index is 2.18. The van der Waals surface area contributed by atoms with Crippen LogP contribution in [0, 0.1) is 6.92 Å². The highest BCUT2D eigenvalue weighted by molar-refractivity contribution is 7.97.